The molecule has 0 spiro atoms. The van der Waals surface area contributed by atoms with Crippen molar-refractivity contribution in [2.75, 3.05) is 6.66 Å². The van der Waals surface area contributed by atoms with Gasteiger partial charge in [0.25, 0.3) is 0 Å². The molecule has 0 aliphatic rings. The maximum atomic E-state index is 12.7. The first kappa shape index (κ1) is 18.8. The number of aromatic nitrogens is 1. The molecule has 0 fully saturated rings. The summed E-state index contributed by atoms with van der Waals surface area (Å²) >= 11 is 7.46. The minimum Gasteiger partial charge on any atom is -0.344 e. The van der Waals surface area contributed by atoms with Crippen LogP contribution in [-0.2, 0) is 9.36 Å². The number of nitrogens with zero attached hydrogens (tertiary/aromatic N) is 1. The predicted octanol–water partition coefficient (Wildman–Crippen LogP) is 4.68. The largest absolute Gasteiger partial charge is 0.344 e. The number of pyridine rings is 1. The predicted molar refractivity (Wildman–Crippen MR) is 107 cm³/mol. The first-order chi connectivity index (χ1) is 12.4. The highest BCUT2D eigenvalue weighted by atomic mass is 35.5. The fraction of sp³-hybridized carbons (Fsp3) is 0.111. The number of carbonyl (C=O) groups is 1. The Labute approximate surface area is 159 Å². The van der Waals surface area contributed by atoms with Gasteiger partial charge in [-0.2, -0.15) is 0 Å². The Hall–Kier alpha value is -1.98. The van der Waals surface area contributed by atoms with E-state index in [0.717, 1.165) is 4.70 Å². The molecular formula is C18H16ClN2O3PS. The molecule has 0 aliphatic carbocycles. The summed E-state index contributed by atoms with van der Waals surface area (Å²) in [6.45, 7) is 1.19. The highest BCUT2D eigenvalue weighted by molar-refractivity contribution is 7.58. The molecule has 0 bridgehead atoms. The summed E-state index contributed by atoms with van der Waals surface area (Å²) in [5.41, 5.74) is -0.00605. The van der Waals surface area contributed by atoms with Crippen molar-refractivity contribution in [3.63, 3.8) is 0 Å². The van der Waals surface area contributed by atoms with Gasteiger partial charge in [-0.1, -0.05) is 17.7 Å². The number of carbonyl (C=O) groups excluding carboxylic acids is 1. The van der Waals surface area contributed by atoms with Crippen LogP contribution in [0.25, 0.3) is 16.2 Å². The van der Waals surface area contributed by atoms with Crippen LogP contribution in [0.1, 0.15) is 16.9 Å². The lowest BCUT2D eigenvalue weighted by molar-refractivity contribution is -0.120. The summed E-state index contributed by atoms with van der Waals surface area (Å²) in [6, 6.07) is 10.7. The van der Waals surface area contributed by atoms with Gasteiger partial charge < -0.3 is 10.2 Å². The van der Waals surface area contributed by atoms with Gasteiger partial charge in [-0.05, 0) is 52.7 Å². The molecule has 2 atom stereocenters. The van der Waals surface area contributed by atoms with E-state index in [1.807, 2.05) is 12.1 Å². The highest BCUT2D eigenvalue weighted by Gasteiger charge is 2.36. The average Bonchev–Trinajstić information content (AvgIpc) is 2.97. The molecule has 0 aliphatic heterocycles. The topological polar surface area (TPSA) is 79.3 Å². The third-order valence-corrected chi connectivity index (χ3v) is 6.44. The average molecular weight is 407 g/mol. The van der Waals surface area contributed by atoms with Crippen LogP contribution in [0, 0.1) is 0 Å². The smallest absolute Gasteiger partial charge is 0.241 e. The van der Waals surface area contributed by atoms with Gasteiger partial charge in [-0.3, -0.25) is 14.3 Å². The molecule has 0 saturated carbocycles. The normalized spacial score (nSPS) is 15.0. The SMILES string of the molecule is CP(=O)(O)C(C(=O)NC=Cc1ccccn1)c1csc2ccc(Cl)cc12. The number of nitrogens with one attached hydrogen (secondary N) is 1. The van der Waals surface area contributed by atoms with Crippen molar-refractivity contribution in [2.45, 2.75) is 5.66 Å². The van der Waals surface area contributed by atoms with Crippen LogP contribution in [0.15, 0.2) is 54.2 Å². The minimum atomic E-state index is -3.75. The molecule has 8 heteroatoms. The summed E-state index contributed by atoms with van der Waals surface area (Å²) in [5, 5.41) is 5.55. The van der Waals surface area contributed by atoms with Crippen LogP contribution in [0.5, 0.6) is 0 Å². The summed E-state index contributed by atoms with van der Waals surface area (Å²) in [6.07, 6.45) is 4.68. The summed E-state index contributed by atoms with van der Waals surface area (Å²) in [4.78, 5) is 27.0. The number of halogens is 1. The number of thiophene rings is 1. The zero-order chi connectivity index (χ0) is 18.7. The Morgan fingerprint density at radius 3 is 2.88 bits per heavy atom. The van der Waals surface area contributed by atoms with Gasteiger partial charge in [0.1, 0.15) is 5.66 Å². The van der Waals surface area contributed by atoms with E-state index in [1.165, 1.54) is 24.2 Å². The molecule has 0 radical (unpaired) electrons. The van der Waals surface area contributed by atoms with Gasteiger partial charge >= 0.3 is 0 Å². The second-order valence-corrected chi connectivity index (χ2v) is 9.52. The second-order valence-electron chi connectivity index (χ2n) is 5.77. The fourth-order valence-corrected chi connectivity index (χ4v) is 5.09. The molecule has 2 N–H and O–H groups in total. The number of hydrogen-bond acceptors (Lipinski definition) is 4. The van der Waals surface area contributed by atoms with Crippen LogP contribution in [0.4, 0.5) is 0 Å². The standard InChI is InChI=1S/C18H16ClN2O3PS/c1-25(23,24)17(15-11-26-16-6-5-12(19)10-14(15)16)18(22)21-9-7-13-4-2-3-8-20-13/h2-11,17H,1H3,(H,21,22)(H,23,24). The van der Waals surface area contributed by atoms with Gasteiger partial charge in [0.15, 0.2) is 0 Å². The Morgan fingerprint density at radius 1 is 1.38 bits per heavy atom. The number of hydrogen-bond donors (Lipinski definition) is 2. The monoisotopic (exact) mass is 406 g/mol. The molecule has 1 amide bonds. The number of benzene rings is 1. The van der Waals surface area contributed by atoms with Crippen molar-refractivity contribution in [3.8, 4) is 0 Å². The Kier molecular flexibility index (Phi) is 5.58. The molecule has 3 aromatic rings. The lowest BCUT2D eigenvalue weighted by Gasteiger charge is -2.18. The van der Waals surface area contributed by atoms with Crippen molar-refractivity contribution in [2.24, 2.45) is 0 Å². The van der Waals surface area contributed by atoms with Gasteiger partial charge in [0, 0.05) is 28.8 Å². The van der Waals surface area contributed by atoms with E-state index in [-0.39, 0.29) is 0 Å². The van der Waals surface area contributed by atoms with Crippen molar-refractivity contribution in [3.05, 3.63) is 70.5 Å². The lowest BCUT2D eigenvalue weighted by atomic mass is 10.1. The number of rotatable bonds is 5. The van der Waals surface area contributed by atoms with Crippen molar-refractivity contribution < 1.29 is 14.3 Å². The highest BCUT2D eigenvalue weighted by Crippen LogP contribution is 2.54. The zero-order valence-corrected chi connectivity index (χ0v) is 16.3. The van der Waals surface area contributed by atoms with E-state index >= 15 is 0 Å². The third-order valence-electron chi connectivity index (χ3n) is 3.75. The van der Waals surface area contributed by atoms with Crippen LogP contribution in [0.3, 0.4) is 0 Å². The minimum absolute atomic E-state index is 0.504. The summed E-state index contributed by atoms with van der Waals surface area (Å²) in [7, 11) is -3.75. The fourth-order valence-electron chi connectivity index (χ4n) is 2.61. The van der Waals surface area contributed by atoms with Crippen molar-refractivity contribution in [1.82, 2.24) is 10.3 Å². The third kappa shape index (κ3) is 4.22. The van der Waals surface area contributed by atoms with E-state index in [9.17, 15) is 14.3 Å². The Bertz CT molecular complexity index is 1010. The first-order valence-electron chi connectivity index (χ1n) is 7.71. The molecule has 5 nitrogen and oxygen atoms in total. The quantitative estimate of drug-likeness (QED) is 0.603. The van der Waals surface area contributed by atoms with Crippen LogP contribution < -0.4 is 5.32 Å². The zero-order valence-electron chi connectivity index (χ0n) is 13.8. The van der Waals surface area contributed by atoms with E-state index in [1.54, 1.807) is 41.9 Å². The van der Waals surface area contributed by atoms with Gasteiger partial charge in [-0.25, -0.2) is 0 Å². The molecule has 2 unspecified atom stereocenters. The summed E-state index contributed by atoms with van der Waals surface area (Å²) in [5.74, 6) is -0.551. The van der Waals surface area contributed by atoms with Crippen LogP contribution >= 0.6 is 30.3 Å². The molecule has 0 saturated heterocycles. The molecule has 26 heavy (non-hydrogen) atoms. The van der Waals surface area contributed by atoms with E-state index < -0.39 is 18.9 Å². The Morgan fingerprint density at radius 2 is 2.19 bits per heavy atom. The Balaban J connectivity index is 1.91. The van der Waals surface area contributed by atoms with Crippen molar-refractivity contribution in [1.29, 1.82) is 0 Å². The molecular weight excluding hydrogens is 391 g/mol. The van der Waals surface area contributed by atoms with Gasteiger partial charge in [0.05, 0.1) is 5.69 Å². The molecule has 2 heterocycles. The molecule has 3 rings (SSSR count). The first-order valence-corrected chi connectivity index (χ1v) is 11.1. The van der Waals surface area contributed by atoms with E-state index in [2.05, 4.69) is 10.3 Å². The van der Waals surface area contributed by atoms with Crippen LogP contribution in [0.2, 0.25) is 5.02 Å². The van der Waals surface area contributed by atoms with Gasteiger partial charge in [0.2, 0.25) is 13.3 Å². The number of amides is 1. The van der Waals surface area contributed by atoms with Crippen LogP contribution in [-0.4, -0.2) is 22.4 Å². The number of fused-ring (bicyclic) bond motifs is 1. The maximum absolute atomic E-state index is 12.7. The second kappa shape index (κ2) is 7.72. The maximum Gasteiger partial charge on any atom is 0.241 e. The van der Waals surface area contributed by atoms with Gasteiger partial charge in [-0.15, -0.1) is 11.3 Å². The van der Waals surface area contributed by atoms with Crippen molar-refractivity contribution >= 4 is 52.4 Å². The van der Waals surface area contributed by atoms with E-state index in [4.69, 9.17) is 11.6 Å². The van der Waals surface area contributed by atoms with E-state index in [0.29, 0.717) is 21.7 Å². The lowest BCUT2D eigenvalue weighted by Crippen LogP contribution is -2.25. The molecule has 134 valence electrons. The summed E-state index contributed by atoms with van der Waals surface area (Å²) < 4.78 is 13.3. The molecule has 1 aromatic carbocycles. The molecule has 2 aromatic heterocycles.